The molecule has 2 N–H and O–H groups in total. The van der Waals surface area contributed by atoms with Crippen molar-refractivity contribution < 1.29 is 9.53 Å². The molecule has 132 valence electrons. The highest BCUT2D eigenvalue weighted by atomic mass is 16.5. The fourth-order valence-electron chi connectivity index (χ4n) is 2.99. The Morgan fingerprint density at radius 1 is 1.08 bits per heavy atom. The third kappa shape index (κ3) is 4.92. The normalized spacial score (nSPS) is 14.8. The van der Waals surface area contributed by atoms with Crippen LogP contribution in [0.15, 0.2) is 36.4 Å². The lowest BCUT2D eigenvalue weighted by molar-refractivity contribution is 0.0921. The summed E-state index contributed by atoms with van der Waals surface area (Å²) in [5, 5.41) is 14.4. The van der Waals surface area contributed by atoms with E-state index >= 15 is 0 Å². The van der Waals surface area contributed by atoms with Crippen molar-refractivity contribution in [3.05, 3.63) is 47.7 Å². The lowest BCUT2D eigenvalue weighted by Gasteiger charge is -2.22. The number of carbonyl (C=O) groups excluding carboxylic acids is 1. The van der Waals surface area contributed by atoms with Crippen LogP contribution in [0.1, 0.15) is 48.2 Å². The number of nitrogens with zero attached hydrogens (tertiary/aromatic N) is 2. The Labute approximate surface area is 148 Å². The third-order valence-electron chi connectivity index (χ3n) is 4.47. The van der Waals surface area contributed by atoms with Crippen LogP contribution in [0.3, 0.4) is 0 Å². The summed E-state index contributed by atoms with van der Waals surface area (Å²) in [5.41, 5.74) is 1.47. The predicted molar refractivity (Wildman–Crippen MR) is 96.7 cm³/mol. The van der Waals surface area contributed by atoms with Gasteiger partial charge in [-0.15, -0.1) is 10.2 Å². The van der Waals surface area contributed by atoms with Crippen LogP contribution in [0, 0.1) is 0 Å². The molecule has 6 heteroatoms. The summed E-state index contributed by atoms with van der Waals surface area (Å²) in [7, 11) is 1.65. The monoisotopic (exact) mass is 340 g/mol. The highest BCUT2D eigenvalue weighted by molar-refractivity contribution is 5.92. The van der Waals surface area contributed by atoms with E-state index in [1.807, 2.05) is 24.3 Å². The zero-order valence-corrected chi connectivity index (χ0v) is 14.5. The van der Waals surface area contributed by atoms with Crippen molar-refractivity contribution in [1.82, 2.24) is 15.5 Å². The van der Waals surface area contributed by atoms with Gasteiger partial charge in [0.2, 0.25) is 0 Å². The van der Waals surface area contributed by atoms with E-state index in [1.54, 1.807) is 19.2 Å². The summed E-state index contributed by atoms with van der Waals surface area (Å²) in [6, 6.07) is 11.6. The maximum Gasteiger partial charge on any atom is 0.272 e. The molecule has 1 aliphatic carbocycles. The van der Waals surface area contributed by atoms with E-state index in [4.69, 9.17) is 4.74 Å². The standard InChI is InChI=1S/C19H24N4O2/c1-25-16-9-7-14(8-10-16)13-20-18-12-11-17(22-23-18)19(24)21-15-5-3-2-4-6-15/h7-12,15H,2-6,13H2,1H3,(H,20,23)(H,21,24). The summed E-state index contributed by atoms with van der Waals surface area (Å²) in [5.74, 6) is 1.34. The number of amides is 1. The highest BCUT2D eigenvalue weighted by Crippen LogP contribution is 2.18. The minimum Gasteiger partial charge on any atom is -0.497 e. The van der Waals surface area contributed by atoms with E-state index in [2.05, 4.69) is 20.8 Å². The zero-order valence-electron chi connectivity index (χ0n) is 14.5. The van der Waals surface area contributed by atoms with Crippen LogP contribution in [0.25, 0.3) is 0 Å². The molecule has 0 bridgehead atoms. The molecule has 1 aliphatic rings. The molecule has 0 spiro atoms. The minimum absolute atomic E-state index is 0.138. The maximum atomic E-state index is 12.2. The van der Waals surface area contributed by atoms with Crippen LogP contribution in [-0.2, 0) is 6.54 Å². The second-order valence-corrected chi connectivity index (χ2v) is 6.31. The second kappa shape index (κ2) is 8.46. The van der Waals surface area contributed by atoms with Gasteiger partial charge in [-0.1, -0.05) is 31.4 Å². The number of nitrogens with one attached hydrogen (secondary N) is 2. The van der Waals surface area contributed by atoms with Crippen molar-refractivity contribution in [2.24, 2.45) is 0 Å². The number of rotatable bonds is 6. The number of anilines is 1. The smallest absolute Gasteiger partial charge is 0.272 e. The molecule has 6 nitrogen and oxygen atoms in total. The SMILES string of the molecule is COc1ccc(CNc2ccc(C(=O)NC3CCCCC3)nn2)cc1. The lowest BCUT2D eigenvalue weighted by atomic mass is 9.95. The Hall–Kier alpha value is -2.63. The molecular formula is C19H24N4O2. The van der Waals surface area contributed by atoms with Gasteiger partial charge in [0.1, 0.15) is 11.6 Å². The molecular weight excluding hydrogens is 316 g/mol. The Morgan fingerprint density at radius 2 is 1.84 bits per heavy atom. The fourth-order valence-corrected chi connectivity index (χ4v) is 2.99. The second-order valence-electron chi connectivity index (χ2n) is 6.31. The molecule has 1 heterocycles. The van der Waals surface area contributed by atoms with E-state index in [1.165, 1.54) is 19.3 Å². The lowest BCUT2D eigenvalue weighted by Crippen LogP contribution is -2.36. The highest BCUT2D eigenvalue weighted by Gasteiger charge is 2.17. The van der Waals surface area contributed by atoms with Gasteiger partial charge >= 0.3 is 0 Å². The van der Waals surface area contributed by atoms with Gasteiger partial charge in [-0.3, -0.25) is 4.79 Å². The number of carbonyl (C=O) groups is 1. The Morgan fingerprint density at radius 3 is 2.48 bits per heavy atom. The number of hydrogen-bond donors (Lipinski definition) is 2. The van der Waals surface area contributed by atoms with Crippen LogP contribution >= 0.6 is 0 Å². The fraction of sp³-hybridized carbons (Fsp3) is 0.421. The molecule has 25 heavy (non-hydrogen) atoms. The largest absolute Gasteiger partial charge is 0.497 e. The van der Waals surface area contributed by atoms with Gasteiger partial charge < -0.3 is 15.4 Å². The first-order valence-electron chi connectivity index (χ1n) is 8.76. The number of ether oxygens (including phenoxy) is 1. The molecule has 3 rings (SSSR count). The molecule has 2 aromatic rings. The van der Waals surface area contributed by atoms with Crippen LogP contribution < -0.4 is 15.4 Å². The molecule has 1 fully saturated rings. The van der Waals surface area contributed by atoms with Gasteiger partial charge in [0.05, 0.1) is 7.11 Å². The van der Waals surface area contributed by atoms with Crippen LogP contribution in [0.2, 0.25) is 0 Å². The Kier molecular flexibility index (Phi) is 5.82. The van der Waals surface area contributed by atoms with Gasteiger partial charge in [0.25, 0.3) is 5.91 Å². The molecule has 1 aromatic heterocycles. The predicted octanol–water partition coefficient (Wildman–Crippen LogP) is 3.16. The Bertz CT molecular complexity index is 680. The molecule has 0 saturated heterocycles. The topological polar surface area (TPSA) is 76.1 Å². The van der Waals surface area contributed by atoms with Crippen molar-refractivity contribution in [2.45, 2.75) is 44.7 Å². The summed E-state index contributed by atoms with van der Waals surface area (Å²) in [6.45, 7) is 0.631. The van der Waals surface area contributed by atoms with E-state index in [0.717, 1.165) is 24.2 Å². The first-order chi connectivity index (χ1) is 12.2. The zero-order chi connectivity index (χ0) is 17.5. The summed E-state index contributed by atoms with van der Waals surface area (Å²) >= 11 is 0. The summed E-state index contributed by atoms with van der Waals surface area (Å²) in [6.07, 6.45) is 5.75. The van der Waals surface area contributed by atoms with E-state index < -0.39 is 0 Å². The first-order valence-corrected chi connectivity index (χ1v) is 8.76. The molecule has 0 radical (unpaired) electrons. The quantitative estimate of drug-likeness (QED) is 0.845. The summed E-state index contributed by atoms with van der Waals surface area (Å²) in [4.78, 5) is 12.2. The van der Waals surface area contributed by atoms with E-state index in [-0.39, 0.29) is 11.9 Å². The maximum absolute atomic E-state index is 12.2. The van der Waals surface area contributed by atoms with E-state index in [0.29, 0.717) is 18.1 Å². The van der Waals surface area contributed by atoms with Crippen LogP contribution in [0.4, 0.5) is 5.82 Å². The van der Waals surface area contributed by atoms with Gasteiger partial charge in [-0.2, -0.15) is 0 Å². The van der Waals surface area contributed by atoms with Crippen LogP contribution in [0.5, 0.6) is 5.75 Å². The van der Waals surface area contributed by atoms with Crippen molar-refractivity contribution in [1.29, 1.82) is 0 Å². The minimum atomic E-state index is -0.138. The molecule has 0 atom stereocenters. The summed E-state index contributed by atoms with van der Waals surface area (Å²) < 4.78 is 5.14. The van der Waals surface area contributed by atoms with Gasteiger partial charge in [0.15, 0.2) is 5.69 Å². The van der Waals surface area contributed by atoms with Crippen molar-refractivity contribution in [3.63, 3.8) is 0 Å². The molecule has 1 aromatic carbocycles. The van der Waals surface area contributed by atoms with E-state index in [9.17, 15) is 4.79 Å². The van der Waals surface area contributed by atoms with Gasteiger partial charge in [0, 0.05) is 12.6 Å². The third-order valence-corrected chi connectivity index (χ3v) is 4.47. The number of aromatic nitrogens is 2. The average molecular weight is 340 g/mol. The van der Waals surface area contributed by atoms with Crippen molar-refractivity contribution >= 4 is 11.7 Å². The Balaban J connectivity index is 1.51. The van der Waals surface area contributed by atoms with Gasteiger partial charge in [-0.05, 0) is 42.7 Å². The molecule has 0 aliphatic heterocycles. The first kappa shape index (κ1) is 17.2. The van der Waals surface area contributed by atoms with Crippen molar-refractivity contribution in [2.75, 3.05) is 12.4 Å². The van der Waals surface area contributed by atoms with Crippen molar-refractivity contribution in [3.8, 4) is 5.75 Å². The average Bonchev–Trinajstić information content (AvgIpc) is 2.68. The number of hydrogen-bond acceptors (Lipinski definition) is 5. The molecule has 0 unspecified atom stereocenters. The van der Waals surface area contributed by atoms with Gasteiger partial charge in [-0.25, -0.2) is 0 Å². The molecule has 1 amide bonds. The number of benzene rings is 1. The molecule has 1 saturated carbocycles. The number of methoxy groups -OCH3 is 1. The van der Waals surface area contributed by atoms with Crippen LogP contribution in [-0.4, -0.2) is 29.3 Å².